The Morgan fingerprint density at radius 1 is 1.38 bits per heavy atom. The summed E-state index contributed by atoms with van der Waals surface area (Å²) in [5.41, 5.74) is -0.570. The lowest BCUT2D eigenvalue weighted by Crippen LogP contribution is -2.50. The predicted octanol–water partition coefficient (Wildman–Crippen LogP) is 3.13. The number of hydrogen-bond donors (Lipinski definition) is 1. The molecule has 134 valence electrons. The standard InChI is InChI=1S/C16H23BrN2O4S/c1-16(2,3)23-15(20)19-9-5-7-13(11-19)18-24(21,22)14-8-4-6-12(17)10-14/h4,6,8,10,13,18H,5,7,9,11H2,1-3H3/t13-/m1/s1. The summed E-state index contributed by atoms with van der Waals surface area (Å²) in [5, 5.41) is 0. The number of nitrogens with one attached hydrogen (secondary N) is 1. The van der Waals surface area contributed by atoms with E-state index < -0.39 is 21.7 Å². The lowest BCUT2D eigenvalue weighted by Gasteiger charge is -2.34. The molecule has 1 N–H and O–H groups in total. The molecule has 0 bridgehead atoms. The summed E-state index contributed by atoms with van der Waals surface area (Å²) in [4.78, 5) is 13.9. The van der Waals surface area contributed by atoms with Gasteiger partial charge < -0.3 is 9.64 Å². The van der Waals surface area contributed by atoms with Gasteiger partial charge in [-0.15, -0.1) is 0 Å². The van der Waals surface area contributed by atoms with Crippen molar-refractivity contribution < 1.29 is 17.9 Å². The third-order valence-electron chi connectivity index (χ3n) is 3.50. The Labute approximate surface area is 151 Å². The minimum absolute atomic E-state index is 0.200. The van der Waals surface area contributed by atoms with Crippen LogP contribution in [0.2, 0.25) is 0 Å². The molecule has 1 aliphatic heterocycles. The molecule has 0 aromatic heterocycles. The van der Waals surface area contributed by atoms with Crippen LogP contribution in [0.5, 0.6) is 0 Å². The van der Waals surface area contributed by atoms with Crippen molar-refractivity contribution >= 4 is 32.0 Å². The number of carbonyl (C=O) groups excluding carboxylic acids is 1. The summed E-state index contributed by atoms with van der Waals surface area (Å²) in [5.74, 6) is 0. The molecule has 6 nitrogen and oxygen atoms in total. The lowest BCUT2D eigenvalue weighted by atomic mass is 10.1. The fraction of sp³-hybridized carbons (Fsp3) is 0.562. The number of rotatable bonds is 3. The maximum Gasteiger partial charge on any atom is 0.410 e. The molecule has 0 radical (unpaired) electrons. The van der Waals surface area contributed by atoms with Gasteiger partial charge in [-0.05, 0) is 51.8 Å². The number of sulfonamides is 1. The van der Waals surface area contributed by atoms with Crippen LogP contribution in [0.15, 0.2) is 33.6 Å². The van der Waals surface area contributed by atoms with E-state index in [4.69, 9.17) is 4.74 Å². The van der Waals surface area contributed by atoms with E-state index in [-0.39, 0.29) is 10.9 Å². The van der Waals surface area contributed by atoms with Crippen molar-refractivity contribution in [2.45, 2.75) is 50.2 Å². The molecule has 1 fully saturated rings. The zero-order valence-electron chi connectivity index (χ0n) is 14.1. The van der Waals surface area contributed by atoms with E-state index in [2.05, 4.69) is 20.7 Å². The van der Waals surface area contributed by atoms with Gasteiger partial charge in [0.25, 0.3) is 0 Å². The lowest BCUT2D eigenvalue weighted by molar-refractivity contribution is 0.0195. The second-order valence-electron chi connectivity index (χ2n) is 6.84. The van der Waals surface area contributed by atoms with E-state index in [1.165, 1.54) is 0 Å². The highest BCUT2D eigenvalue weighted by atomic mass is 79.9. The van der Waals surface area contributed by atoms with E-state index in [0.29, 0.717) is 24.0 Å². The first-order valence-corrected chi connectivity index (χ1v) is 10.1. The van der Waals surface area contributed by atoms with Gasteiger partial charge in [0.15, 0.2) is 0 Å². The largest absolute Gasteiger partial charge is 0.444 e. The van der Waals surface area contributed by atoms with Crippen molar-refractivity contribution in [3.63, 3.8) is 0 Å². The number of amides is 1. The van der Waals surface area contributed by atoms with Crippen molar-refractivity contribution in [2.24, 2.45) is 0 Å². The van der Waals surface area contributed by atoms with Crippen molar-refractivity contribution in [2.75, 3.05) is 13.1 Å². The quantitative estimate of drug-likeness (QED) is 0.817. The van der Waals surface area contributed by atoms with Gasteiger partial charge in [-0.3, -0.25) is 0 Å². The Morgan fingerprint density at radius 2 is 2.08 bits per heavy atom. The molecule has 0 saturated carbocycles. The summed E-state index contributed by atoms with van der Waals surface area (Å²) < 4.78 is 33.7. The molecule has 1 saturated heterocycles. The summed E-state index contributed by atoms with van der Waals surface area (Å²) in [6.45, 7) is 6.30. The Kier molecular flexibility index (Phi) is 5.93. The number of halogens is 1. The molecule has 1 heterocycles. The van der Waals surface area contributed by atoms with Gasteiger partial charge in [0.2, 0.25) is 10.0 Å². The van der Waals surface area contributed by atoms with Crippen LogP contribution in [0, 0.1) is 0 Å². The van der Waals surface area contributed by atoms with Crippen molar-refractivity contribution in [3.8, 4) is 0 Å². The second-order valence-corrected chi connectivity index (χ2v) is 9.47. The third-order valence-corrected chi connectivity index (χ3v) is 5.51. The molecule has 24 heavy (non-hydrogen) atoms. The zero-order valence-corrected chi connectivity index (χ0v) is 16.5. The topological polar surface area (TPSA) is 75.7 Å². The molecule has 1 aromatic carbocycles. The molecule has 1 aromatic rings. The number of carbonyl (C=O) groups is 1. The predicted molar refractivity (Wildman–Crippen MR) is 95.3 cm³/mol. The average molecular weight is 419 g/mol. The molecule has 0 unspecified atom stereocenters. The van der Waals surface area contributed by atoms with Crippen LogP contribution in [0.1, 0.15) is 33.6 Å². The molecular weight excluding hydrogens is 396 g/mol. The van der Waals surface area contributed by atoms with Crippen molar-refractivity contribution in [1.29, 1.82) is 0 Å². The van der Waals surface area contributed by atoms with Crippen LogP contribution >= 0.6 is 15.9 Å². The number of piperidine rings is 1. The molecular formula is C16H23BrN2O4S. The Balaban J connectivity index is 2.03. The summed E-state index contributed by atoms with van der Waals surface area (Å²) in [7, 11) is -3.63. The van der Waals surface area contributed by atoms with E-state index >= 15 is 0 Å². The first-order chi connectivity index (χ1) is 11.1. The SMILES string of the molecule is CC(C)(C)OC(=O)N1CCC[C@@H](NS(=O)(=O)c2cccc(Br)c2)C1. The van der Waals surface area contributed by atoms with Gasteiger partial charge in [0, 0.05) is 23.6 Å². The Morgan fingerprint density at radius 3 is 2.71 bits per heavy atom. The van der Waals surface area contributed by atoms with E-state index in [0.717, 1.165) is 6.42 Å². The first kappa shape index (κ1) is 19.2. The van der Waals surface area contributed by atoms with Gasteiger partial charge in [0.1, 0.15) is 5.60 Å². The smallest absolute Gasteiger partial charge is 0.410 e. The van der Waals surface area contributed by atoms with E-state index in [1.54, 1.807) is 29.2 Å². The highest BCUT2D eigenvalue weighted by molar-refractivity contribution is 9.10. The summed E-state index contributed by atoms with van der Waals surface area (Å²) in [6, 6.07) is 6.21. The Bertz CT molecular complexity index is 700. The van der Waals surface area contributed by atoms with E-state index in [1.807, 2.05) is 20.8 Å². The van der Waals surface area contributed by atoms with E-state index in [9.17, 15) is 13.2 Å². The van der Waals surface area contributed by atoms with Gasteiger partial charge in [-0.25, -0.2) is 17.9 Å². The van der Waals surface area contributed by atoms with Crippen molar-refractivity contribution in [1.82, 2.24) is 9.62 Å². The molecule has 1 aliphatic rings. The number of ether oxygens (including phenoxy) is 1. The normalized spacial score (nSPS) is 19.2. The highest BCUT2D eigenvalue weighted by Gasteiger charge is 2.30. The summed E-state index contributed by atoms with van der Waals surface area (Å²) in [6.07, 6.45) is 1.01. The van der Waals surface area contributed by atoms with Crippen LogP contribution in [-0.4, -0.2) is 44.1 Å². The van der Waals surface area contributed by atoms with Crippen LogP contribution in [0.3, 0.4) is 0 Å². The fourth-order valence-corrected chi connectivity index (χ4v) is 4.35. The number of nitrogens with zero attached hydrogens (tertiary/aromatic N) is 1. The second kappa shape index (κ2) is 7.41. The van der Waals surface area contributed by atoms with Crippen LogP contribution in [0.4, 0.5) is 4.79 Å². The monoisotopic (exact) mass is 418 g/mol. The van der Waals surface area contributed by atoms with Crippen LogP contribution in [0.25, 0.3) is 0 Å². The molecule has 0 aliphatic carbocycles. The maximum atomic E-state index is 12.5. The van der Waals surface area contributed by atoms with Gasteiger partial charge >= 0.3 is 6.09 Å². The average Bonchev–Trinajstić information content (AvgIpc) is 2.45. The molecule has 2 rings (SSSR count). The zero-order chi connectivity index (χ0) is 18.0. The molecule has 1 amide bonds. The minimum atomic E-state index is -3.63. The number of benzene rings is 1. The van der Waals surface area contributed by atoms with Crippen LogP contribution < -0.4 is 4.72 Å². The fourth-order valence-electron chi connectivity index (χ4n) is 2.49. The summed E-state index contributed by atoms with van der Waals surface area (Å²) >= 11 is 3.27. The molecule has 1 atom stereocenters. The third kappa shape index (κ3) is 5.46. The first-order valence-electron chi connectivity index (χ1n) is 7.83. The Hall–Kier alpha value is -1.12. The maximum absolute atomic E-state index is 12.5. The van der Waals surface area contributed by atoms with Crippen molar-refractivity contribution in [3.05, 3.63) is 28.7 Å². The van der Waals surface area contributed by atoms with Gasteiger partial charge in [-0.2, -0.15) is 0 Å². The molecule has 0 spiro atoms. The minimum Gasteiger partial charge on any atom is -0.444 e. The highest BCUT2D eigenvalue weighted by Crippen LogP contribution is 2.19. The number of hydrogen-bond acceptors (Lipinski definition) is 4. The van der Waals surface area contributed by atoms with Gasteiger partial charge in [-0.1, -0.05) is 22.0 Å². The van der Waals surface area contributed by atoms with Gasteiger partial charge in [0.05, 0.1) is 4.90 Å². The molecule has 8 heteroatoms. The number of likely N-dealkylation sites (tertiary alicyclic amines) is 1. The van der Waals surface area contributed by atoms with Crippen LogP contribution in [-0.2, 0) is 14.8 Å².